The zero-order valence-corrected chi connectivity index (χ0v) is 7.81. The zero-order chi connectivity index (χ0) is 9.97. The van der Waals surface area contributed by atoms with Gasteiger partial charge in [0, 0.05) is 0 Å². The predicted molar refractivity (Wildman–Crippen MR) is 51.1 cm³/mol. The summed E-state index contributed by atoms with van der Waals surface area (Å²) in [5.41, 5.74) is 1.11. The summed E-state index contributed by atoms with van der Waals surface area (Å²) in [6.07, 6.45) is 3.04. The van der Waals surface area contributed by atoms with E-state index in [1.807, 2.05) is 6.07 Å². The molecule has 0 N–H and O–H groups in total. The Morgan fingerprint density at radius 2 is 2.00 bits per heavy atom. The Labute approximate surface area is 85.4 Å². The first-order valence-corrected chi connectivity index (χ1v) is 4.24. The van der Waals surface area contributed by atoms with E-state index in [2.05, 4.69) is 10.2 Å². The molecule has 0 spiro atoms. The summed E-state index contributed by atoms with van der Waals surface area (Å²) in [5.74, 6) is 0. The molecule has 68 valence electrons. The molecule has 1 heterocycles. The van der Waals surface area contributed by atoms with Crippen LogP contribution in [0.25, 0.3) is 5.69 Å². The van der Waals surface area contributed by atoms with Gasteiger partial charge in [0.05, 0.1) is 16.3 Å². The molecular weight excluding hydrogens is 200 g/mol. The van der Waals surface area contributed by atoms with Gasteiger partial charge in [0.15, 0.2) is 0 Å². The third-order valence-electron chi connectivity index (χ3n) is 1.80. The Morgan fingerprint density at radius 1 is 1.29 bits per heavy atom. The highest BCUT2D eigenvalue weighted by Gasteiger charge is 2.07. The van der Waals surface area contributed by atoms with Crippen LogP contribution in [0.4, 0.5) is 0 Å². The molecule has 14 heavy (non-hydrogen) atoms. The minimum Gasteiger partial charge on any atom is -0.287 e. The summed E-state index contributed by atoms with van der Waals surface area (Å²) < 4.78 is 1.64. The standard InChI is InChI=1S/C9H5ClN4/c10-8-2-1-3-9(7(8)4-11)14-5-12-13-6-14/h1-3,5-6H. The molecule has 0 bridgehead atoms. The van der Waals surface area contributed by atoms with E-state index in [-0.39, 0.29) is 0 Å². The molecule has 0 aliphatic heterocycles. The maximum absolute atomic E-state index is 8.91. The highest BCUT2D eigenvalue weighted by Crippen LogP contribution is 2.21. The van der Waals surface area contributed by atoms with E-state index in [4.69, 9.17) is 16.9 Å². The smallest absolute Gasteiger partial charge is 0.123 e. The molecule has 4 nitrogen and oxygen atoms in total. The summed E-state index contributed by atoms with van der Waals surface area (Å²) in [6.45, 7) is 0. The molecule has 5 heteroatoms. The summed E-state index contributed by atoms with van der Waals surface area (Å²) in [5, 5.41) is 16.7. The van der Waals surface area contributed by atoms with Crippen LogP contribution in [0.15, 0.2) is 30.9 Å². The van der Waals surface area contributed by atoms with Crippen molar-refractivity contribution in [2.45, 2.75) is 0 Å². The second kappa shape index (κ2) is 3.48. The van der Waals surface area contributed by atoms with Crippen molar-refractivity contribution >= 4 is 11.6 Å². The molecule has 1 aromatic heterocycles. The molecule has 2 rings (SSSR count). The third kappa shape index (κ3) is 1.34. The van der Waals surface area contributed by atoms with Crippen molar-refractivity contribution < 1.29 is 0 Å². The number of nitriles is 1. The van der Waals surface area contributed by atoms with Gasteiger partial charge >= 0.3 is 0 Å². The minimum atomic E-state index is 0.425. The molecule has 2 aromatic rings. The topological polar surface area (TPSA) is 54.5 Å². The second-order valence-electron chi connectivity index (χ2n) is 2.61. The lowest BCUT2D eigenvalue weighted by Gasteiger charge is -2.04. The molecule has 0 atom stereocenters. The lowest BCUT2D eigenvalue weighted by atomic mass is 10.2. The minimum absolute atomic E-state index is 0.425. The van der Waals surface area contributed by atoms with Gasteiger partial charge in [-0.05, 0) is 12.1 Å². The van der Waals surface area contributed by atoms with Crippen molar-refractivity contribution in [2.75, 3.05) is 0 Å². The summed E-state index contributed by atoms with van der Waals surface area (Å²) in [7, 11) is 0. The van der Waals surface area contributed by atoms with Gasteiger partial charge in [-0.1, -0.05) is 17.7 Å². The van der Waals surface area contributed by atoms with Crippen LogP contribution in [0, 0.1) is 11.3 Å². The van der Waals surface area contributed by atoms with E-state index in [0.29, 0.717) is 16.3 Å². The van der Waals surface area contributed by atoms with E-state index >= 15 is 0 Å². The van der Waals surface area contributed by atoms with Gasteiger partial charge in [0.2, 0.25) is 0 Å². The van der Waals surface area contributed by atoms with E-state index in [1.165, 1.54) is 12.7 Å². The first kappa shape index (κ1) is 8.73. The first-order chi connectivity index (χ1) is 6.83. The van der Waals surface area contributed by atoms with E-state index in [9.17, 15) is 0 Å². The molecule has 0 unspecified atom stereocenters. The van der Waals surface area contributed by atoms with Crippen molar-refractivity contribution in [3.8, 4) is 11.8 Å². The Morgan fingerprint density at radius 3 is 2.64 bits per heavy atom. The number of benzene rings is 1. The number of hydrogen-bond acceptors (Lipinski definition) is 3. The van der Waals surface area contributed by atoms with Gasteiger partial charge in [0.1, 0.15) is 18.7 Å². The normalized spacial score (nSPS) is 9.71. The lowest BCUT2D eigenvalue weighted by molar-refractivity contribution is 1.05. The van der Waals surface area contributed by atoms with E-state index in [0.717, 1.165) is 0 Å². The molecule has 0 aliphatic carbocycles. The fourth-order valence-corrected chi connectivity index (χ4v) is 1.38. The number of aromatic nitrogens is 3. The SMILES string of the molecule is N#Cc1c(Cl)cccc1-n1cnnc1. The summed E-state index contributed by atoms with van der Waals surface area (Å²) in [4.78, 5) is 0. The van der Waals surface area contributed by atoms with Crippen LogP contribution in [-0.2, 0) is 0 Å². The zero-order valence-electron chi connectivity index (χ0n) is 7.05. The summed E-state index contributed by atoms with van der Waals surface area (Å²) in [6, 6.07) is 7.28. The van der Waals surface area contributed by atoms with Crippen molar-refractivity contribution in [3.63, 3.8) is 0 Å². The van der Waals surface area contributed by atoms with Crippen molar-refractivity contribution in [2.24, 2.45) is 0 Å². The van der Waals surface area contributed by atoms with Crippen LogP contribution in [0.5, 0.6) is 0 Å². The van der Waals surface area contributed by atoms with Gasteiger partial charge < -0.3 is 0 Å². The lowest BCUT2D eigenvalue weighted by Crippen LogP contribution is -1.94. The fraction of sp³-hybridized carbons (Fsp3) is 0. The largest absolute Gasteiger partial charge is 0.287 e. The average Bonchev–Trinajstić information content (AvgIpc) is 2.70. The molecule has 0 aliphatic rings. The van der Waals surface area contributed by atoms with Crippen LogP contribution >= 0.6 is 11.6 Å². The number of hydrogen-bond donors (Lipinski definition) is 0. The number of nitrogens with zero attached hydrogens (tertiary/aromatic N) is 4. The quantitative estimate of drug-likeness (QED) is 0.712. The van der Waals surface area contributed by atoms with E-state index in [1.54, 1.807) is 22.8 Å². The first-order valence-electron chi connectivity index (χ1n) is 3.86. The highest BCUT2D eigenvalue weighted by molar-refractivity contribution is 6.32. The van der Waals surface area contributed by atoms with Crippen LogP contribution in [0.2, 0.25) is 5.02 Å². The molecule has 0 radical (unpaired) electrons. The van der Waals surface area contributed by atoms with Crippen LogP contribution in [-0.4, -0.2) is 14.8 Å². The average molecular weight is 205 g/mol. The molecule has 1 aromatic carbocycles. The van der Waals surface area contributed by atoms with Crippen LogP contribution in [0.1, 0.15) is 5.56 Å². The summed E-state index contributed by atoms with van der Waals surface area (Å²) >= 11 is 5.87. The van der Waals surface area contributed by atoms with Crippen LogP contribution < -0.4 is 0 Å². The fourth-order valence-electron chi connectivity index (χ4n) is 1.16. The Bertz CT molecular complexity index is 484. The maximum atomic E-state index is 8.91. The Hall–Kier alpha value is -1.86. The molecule has 0 fully saturated rings. The monoisotopic (exact) mass is 204 g/mol. The van der Waals surface area contributed by atoms with Crippen molar-refractivity contribution in [1.29, 1.82) is 5.26 Å². The number of halogens is 1. The van der Waals surface area contributed by atoms with Crippen molar-refractivity contribution in [3.05, 3.63) is 41.4 Å². The molecule has 0 saturated carbocycles. The molecular formula is C9H5ClN4. The Balaban J connectivity index is 2.66. The maximum Gasteiger partial charge on any atom is 0.123 e. The predicted octanol–water partition coefficient (Wildman–Crippen LogP) is 1.79. The van der Waals surface area contributed by atoms with Gasteiger partial charge in [-0.3, -0.25) is 4.57 Å². The second-order valence-corrected chi connectivity index (χ2v) is 3.02. The molecule has 0 saturated heterocycles. The van der Waals surface area contributed by atoms with Gasteiger partial charge in [0.25, 0.3) is 0 Å². The van der Waals surface area contributed by atoms with Gasteiger partial charge in [-0.2, -0.15) is 5.26 Å². The number of rotatable bonds is 1. The Kier molecular flexibility index (Phi) is 2.17. The van der Waals surface area contributed by atoms with Gasteiger partial charge in [-0.15, -0.1) is 10.2 Å². The van der Waals surface area contributed by atoms with Crippen LogP contribution in [0.3, 0.4) is 0 Å². The van der Waals surface area contributed by atoms with Gasteiger partial charge in [-0.25, -0.2) is 0 Å². The molecule has 0 amide bonds. The van der Waals surface area contributed by atoms with Crippen molar-refractivity contribution in [1.82, 2.24) is 14.8 Å². The highest BCUT2D eigenvalue weighted by atomic mass is 35.5. The van der Waals surface area contributed by atoms with E-state index < -0.39 is 0 Å². The third-order valence-corrected chi connectivity index (χ3v) is 2.12.